The Labute approximate surface area is 118 Å². The zero-order valence-electron chi connectivity index (χ0n) is 9.72. The van der Waals surface area contributed by atoms with Crippen LogP contribution in [0.3, 0.4) is 0 Å². The summed E-state index contributed by atoms with van der Waals surface area (Å²) in [5, 5.41) is 13.3. The Balaban J connectivity index is 2.76. The van der Waals surface area contributed by atoms with E-state index in [0.29, 0.717) is 16.4 Å². The Kier molecular flexibility index (Phi) is 3.59. The lowest BCUT2D eigenvalue weighted by molar-refractivity contribution is 0.0686. The summed E-state index contributed by atoms with van der Waals surface area (Å²) in [6, 6.07) is 6.07. The molecular weight excluding hydrogens is 291 g/mol. The zero-order chi connectivity index (χ0) is 14.2. The Morgan fingerprint density at radius 3 is 2.68 bits per heavy atom. The van der Waals surface area contributed by atoms with Gasteiger partial charge in [0, 0.05) is 11.8 Å². The molecule has 7 heteroatoms. The summed E-state index contributed by atoms with van der Waals surface area (Å²) in [5.74, 6) is -1.39. The van der Waals surface area contributed by atoms with E-state index < -0.39 is 17.1 Å². The number of hydrogen-bond acceptors (Lipinski definition) is 3. The first-order chi connectivity index (χ1) is 8.91. The first-order valence-electron chi connectivity index (χ1n) is 5.20. The first kappa shape index (κ1) is 13.6. The van der Waals surface area contributed by atoms with Crippen molar-refractivity contribution in [2.24, 2.45) is 0 Å². The molecule has 1 heterocycles. The monoisotopic (exact) mass is 298 g/mol. The molecule has 0 saturated carbocycles. The molecule has 0 aliphatic carbocycles. The molecule has 0 spiro atoms. The minimum Gasteiger partial charge on any atom is -0.476 e. The first-order valence-corrected chi connectivity index (χ1v) is 5.96. The average Bonchev–Trinajstić information content (AvgIpc) is 2.33. The van der Waals surface area contributed by atoms with Gasteiger partial charge in [0.15, 0.2) is 0 Å². The minimum atomic E-state index is -1.39. The molecule has 0 radical (unpaired) electrons. The third-order valence-corrected chi connectivity index (χ3v) is 3.28. The van der Waals surface area contributed by atoms with E-state index >= 15 is 0 Å². The lowest BCUT2D eigenvalue weighted by Crippen LogP contribution is -2.22. The summed E-state index contributed by atoms with van der Waals surface area (Å²) in [5.41, 5.74) is -0.352. The van der Waals surface area contributed by atoms with Gasteiger partial charge < -0.3 is 5.11 Å². The van der Waals surface area contributed by atoms with Crippen LogP contribution < -0.4 is 5.43 Å². The van der Waals surface area contributed by atoms with Crippen molar-refractivity contribution < 1.29 is 9.90 Å². The van der Waals surface area contributed by atoms with Gasteiger partial charge in [0.2, 0.25) is 11.1 Å². The SMILES string of the molecule is Cc1cc(=O)c(C(=O)O)nn1-c1cccc(Cl)c1Cl. The van der Waals surface area contributed by atoms with Crippen molar-refractivity contribution in [3.05, 3.63) is 55.9 Å². The highest BCUT2D eigenvalue weighted by atomic mass is 35.5. The van der Waals surface area contributed by atoms with Crippen LogP contribution in [-0.4, -0.2) is 20.9 Å². The normalized spacial score (nSPS) is 10.5. The van der Waals surface area contributed by atoms with E-state index in [0.717, 1.165) is 0 Å². The van der Waals surface area contributed by atoms with Crippen molar-refractivity contribution in [3.63, 3.8) is 0 Å². The molecule has 5 nitrogen and oxygen atoms in total. The molecule has 0 unspecified atom stereocenters. The van der Waals surface area contributed by atoms with Crippen LogP contribution in [0.4, 0.5) is 0 Å². The summed E-state index contributed by atoms with van der Waals surface area (Å²) in [6.45, 7) is 1.62. The fourth-order valence-corrected chi connectivity index (χ4v) is 1.97. The molecule has 0 saturated heterocycles. The van der Waals surface area contributed by atoms with Gasteiger partial charge in [-0.3, -0.25) is 4.79 Å². The molecule has 0 aliphatic heterocycles. The second-order valence-corrected chi connectivity index (χ2v) is 4.57. The van der Waals surface area contributed by atoms with Crippen LogP contribution in [0.5, 0.6) is 0 Å². The third-order valence-electron chi connectivity index (χ3n) is 2.47. The quantitative estimate of drug-likeness (QED) is 0.925. The summed E-state index contributed by atoms with van der Waals surface area (Å²) >= 11 is 12.0. The summed E-state index contributed by atoms with van der Waals surface area (Å²) < 4.78 is 1.28. The van der Waals surface area contributed by atoms with Crippen molar-refractivity contribution >= 4 is 29.2 Å². The second-order valence-electron chi connectivity index (χ2n) is 3.79. The number of aromatic carboxylic acids is 1. The van der Waals surface area contributed by atoms with Crippen LogP contribution in [0.1, 0.15) is 16.2 Å². The van der Waals surface area contributed by atoms with E-state index in [4.69, 9.17) is 28.3 Å². The molecule has 0 atom stereocenters. The number of hydrogen-bond donors (Lipinski definition) is 1. The fourth-order valence-electron chi connectivity index (χ4n) is 1.60. The third kappa shape index (κ3) is 2.47. The van der Waals surface area contributed by atoms with Crippen LogP contribution in [0.2, 0.25) is 10.0 Å². The van der Waals surface area contributed by atoms with Gasteiger partial charge in [-0.25, -0.2) is 9.48 Å². The highest BCUT2D eigenvalue weighted by Gasteiger charge is 2.15. The average molecular weight is 299 g/mol. The smallest absolute Gasteiger partial charge is 0.360 e. The van der Waals surface area contributed by atoms with Gasteiger partial charge in [-0.05, 0) is 19.1 Å². The van der Waals surface area contributed by atoms with Crippen molar-refractivity contribution in [1.82, 2.24) is 9.78 Å². The Morgan fingerprint density at radius 2 is 2.05 bits per heavy atom. The van der Waals surface area contributed by atoms with Gasteiger partial charge >= 0.3 is 5.97 Å². The topological polar surface area (TPSA) is 72.2 Å². The van der Waals surface area contributed by atoms with Gasteiger partial charge in [-0.1, -0.05) is 29.3 Å². The number of carboxylic acid groups (broad SMARTS) is 1. The molecule has 98 valence electrons. The molecule has 0 fully saturated rings. The predicted molar refractivity (Wildman–Crippen MR) is 71.6 cm³/mol. The van der Waals surface area contributed by atoms with E-state index in [2.05, 4.69) is 5.10 Å². The maximum atomic E-state index is 11.5. The number of nitrogens with zero attached hydrogens (tertiary/aromatic N) is 2. The van der Waals surface area contributed by atoms with Crippen LogP contribution >= 0.6 is 23.2 Å². The standard InChI is InChI=1S/C12H8Cl2N2O3/c1-6-5-9(17)11(12(18)19)15-16(6)8-4-2-3-7(13)10(8)14/h2-5H,1H3,(H,18,19). The van der Waals surface area contributed by atoms with Crippen molar-refractivity contribution in [1.29, 1.82) is 0 Å². The summed E-state index contributed by atoms with van der Waals surface area (Å²) in [4.78, 5) is 22.4. The lowest BCUT2D eigenvalue weighted by atomic mass is 10.3. The van der Waals surface area contributed by atoms with Gasteiger partial charge in [-0.2, -0.15) is 5.10 Å². The highest BCUT2D eigenvalue weighted by molar-refractivity contribution is 6.43. The van der Waals surface area contributed by atoms with Crippen LogP contribution in [-0.2, 0) is 0 Å². The van der Waals surface area contributed by atoms with Crippen molar-refractivity contribution in [3.8, 4) is 5.69 Å². The van der Waals surface area contributed by atoms with Gasteiger partial charge in [-0.15, -0.1) is 0 Å². The number of aromatic nitrogens is 2. The molecule has 0 aliphatic rings. The van der Waals surface area contributed by atoms with E-state index in [1.165, 1.54) is 10.7 Å². The molecule has 1 aromatic carbocycles. The van der Waals surface area contributed by atoms with Crippen LogP contribution in [0.25, 0.3) is 5.69 Å². The number of carbonyl (C=O) groups is 1. The zero-order valence-corrected chi connectivity index (χ0v) is 11.2. The van der Waals surface area contributed by atoms with Gasteiger partial charge in [0.05, 0.1) is 15.7 Å². The van der Waals surface area contributed by atoms with E-state index in [1.807, 2.05) is 0 Å². The maximum absolute atomic E-state index is 11.5. The molecular formula is C12H8Cl2N2O3. The summed E-state index contributed by atoms with van der Waals surface area (Å²) in [7, 11) is 0. The van der Waals surface area contributed by atoms with E-state index in [9.17, 15) is 9.59 Å². The molecule has 0 amide bonds. The molecule has 0 bridgehead atoms. The minimum absolute atomic E-state index is 0.236. The molecule has 19 heavy (non-hydrogen) atoms. The highest BCUT2D eigenvalue weighted by Crippen LogP contribution is 2.28. The number of benzene rings is 1. The van der Waals surface area contributed by atoms with Crippen LogP contribution in [0, 0.1) is 6.92 Å². The Hall–Kier alpha value is -1.85. The predicted octanol–water partition coefficient (Wildman–Crippen LogP) is 2.55. The molecule has 2 rings (SSSR count). The number of halogens is 2. The maximum Gasteiger partial charge on any atom is 0.360 e. The fraction of sp³-hybridized carbons (Fsp3) is 0.0833. The number of carboxylic acids is 1. The second kappa shape index (κ2) is 5.03. The summed E-state index contributed by atoms with van der Waals surface area (Å²) in [6.07, 6.45) is 0. The Morgan fingerprint density at radius 1 is 1.37 bits per heavy atom. The largest absolute Gasteiger partial charge is 0.476 e. The number of rotatable bonds is 2. The Bertz CT molecular complexity index is 725. The van der Waals surface area contributed by atoms with Crippen molar-refractivity contribution in [2.45, 2.75) is 6.92 Å². The van der Waals surface area contributed by atoms with Crippen LogP contribution in [0.15, 0.2) is 29.1 Å². The molecule has 2 aromatic rings. The van der Waals surface area contributed by atoms with E-state index in [-0.39, 0.29) is 5.02 Å². The molecule has 1 aromatic heterocycles. The number of aryl methyl sites for hydroxylation is 1. The molecule has 1 N–H and O–H groups in total. The van der Waals surface area contributed by atoms with E-state index in [1.54, 1.807) is 25.1 Å². The van der Waals surface area contributed by atoms with Gasteiger partial charge in [0.25, 0.3) is 0 Å². The van der Waals surface area contributed by atoms with Crippen molar-refractivity contribution in [2.75, 3.05) is 0 Å². The van der Waals surface area contributed by atoms with Gasteiger partial charge in [0.1, 0.15) is 0 Å². The lowest BCUT2D eigenvalue weighted by Gasteiger charge is -2.12.